The molecule has 1 saturated carbocycles. The molecule has 2 aliphatic rings. The van der Waals surface area contributed by atoms with Crippen LogP contribution in [0.25, 0.3) is 10.9 Å². The highest BCUT2D eigenvalue weighted by Gasteiger charge is 2.31. The number of para-hydroxylation sites is 2. The number of carbonyl (C=O) groups is 2. The van der Waals surface area contributed by atoms with Crippen molar-refractivity contribution in [3.05, 3.63) is 65.9 Å². The van der Waals surface area contributed by atoms with E-state index in [0.29, 0.717) is 25.7 Å². The van der Waals surface area contributed by atoms with E-state index >= 15 is 0 Å². The van der Waals surface area contributed by atoms with Gasteiger partial charge in [0.25, 0.3) is 0 Å². The van der Waals surface area contributed by atoms with Gasteiger partial charge in [-0.1, -0.05) is 62.6 Å². The lowest BCUT2D eigenvalue weighted by Gasteiger charge is -2.40. The van der Waals surface area contributed by atoms with E-state index in [1.54, 1.807) is 0 Å². The zero-order valence-corrected chi connectivity index (χ0v) is 24.5. The van der Waals surface area contributed by atoms with E-state index in [9.17, 15) is 9.59 Å². The number of rotatable bonds is 11. The Morgan fingerprint density at radius 3 is 2.51 bits per heavy atom. The van der Waals surface area contributed by atoms with Gasteiger partial charge in [-0.3, -0.25) is 19.4 Å². The molecule has 0 radical (unpaired) electrons. The van der Waals surface area contributed by atoms with Crippen molar-refractivity contribution in [2.75, 3.05) is 39.3 Å². The minimum atomic E-state index is -0.718. The first kappa shape index (κ1) is 29.1. The number of aromatic amines is 1. The molecule has 0 spiro atoms. The lowest BCUT2D eigenvalue weighted by molar-refractivity contribution is -0.130. The van der Waals surface area contributed by atoms with Crippen LogP contribution < -0.4 is 15.4 Å². The van der Waals surface area contributed by atoms with Crippen LogP contribution in [0.2, 0.25) is 0 Å². The zero-order valence-electron chi connectivity index (χ0n) is 24.5. The standard InChI is InChI=1S/C33H45N5O3/c1-3-41-30-16-10-7-11-25(30)21-35-33(40)32(24(2)28-22-34-29-15-9-8-14-27(28)29)36-31(39)23-37-17-19-38(20-18-37)26-12-5-4-6-13-26/h7-11,14-16,22,24,26,32,34H,3-6,12-13,17-21,23H2,1-2H3,(H,35,40)(H,36,39). The van der Waals surface area contributed by atoms with Gasteiger partial charge in [0.05, 0.1) is 13.2 Å². The average Bonchev–Trinajstić information content (AvgIpc) is 3.44. The van der Waals surface area contributed by atoms with Crippen LogP contribution in [0.4, 0.5) is 0 Å². The number of hydrogen-bond acceptors (Lipinski definition) is 5. The quantitative estimate of drug-likeness (QED) is 0.324. The molecule has 2 amide bonds. The second kappa shape index (κ2) is 14.0. The largest absolute Gasteiger partial charge is 0.494 e. The molecule has 2 atom stereocenters. The molecule has 1 aromatic heterocycles. The van der Waals surface area contributed by atoms with Gasteiger partial charge in [-0.15, -0.1) is 0 Å². The molecule has 0 bridgehead atoms. The summed E-state index contributed by atoms with van der Waals surface area (Å²) in [7, 11) is 0. The molecule has 220 valence electrons. The van der Waals surface area contributed by atoms with Gasteiger partial charge in [-0.2, -0.15) is 0 Å². The fraction of sp³-hybridized carbons (Fsp3) is 0.515. The first-order valence-electron chi connectivity index (χ1n) is 15.3. The monoisotopic (exact) mass is 559 g/mol. The van der Waals surface area contributed by atoms with E-state index in [2.05, 4.69) is 31.5 Å². The van der Waals surface area contributed by atoms with E-state index in [4.69, 9.17) is 4.74 Å². The minimum absolute atomic E-state index is 0.113. The normalized spacial score (nSPS) is 18.6. The summed E-state index contributed by atoms with van der Waals surface area (Å²) in [5.41, 5.74) is 2.93. The van der Waals surface area contributed by atoms with Crippen LogP contribution in [0.3, 0.4) is 0 Å². The number of benzene rings is 2. The smallest absolute Gasteiger partial charge is 0.243 e. The molecule has 8 heteroatoms. The van der Waals surface area contributed by atoms with E-state index in [-0.39, 0.29) is 17.7 Å². The maximum absolute atomic E-state index is 13.7. The van der Waals surface area contributed by atoms with Gasteiger partial charge in [0.15, 0.2) is 0 Å². The predicted octanol–water partition coefficient (Wildman–Crippen LogP) is 4.42. The first-order chi connectivity index (χ1) is 20.0. The first-order valence-corrected chi connectivity index (χ1v) is 15.3. The van der Waals surface area contributed by atoms with Gasteiger partial charge >= 0.3 is 0 Å². The number of H-pyrrole nitrogens is 1. The second-order valence-corrected chi connectivity index (χ2v) is 11.5. The average molecular weight is 560 g/mol. The number of nitrogens with zero attached hydrogens (tertiary/aromatic N) is 2. The van der Waals surface area contributed by atoms with E-state index in [1.165, 1.54) is 32.1 Å². The molecular weight excluding hydrogens is 514 g/mol. The number of amides is 2. The summed E-state index contributed by atoms with van der Waals surface area (Å²) in [6.07, 6.45) is 8.60. The van der Waals surface area contributed by atoms with Crippen LogP contribution in [0.15, 0.2) is 54.7 Å². The van der Waals surface area contributed by atoms with Gasteiger partial charge in [-0.25, -0.2) is 0 Å². The molecule has 2 heterocycles. The molecule has 41 heavy (non-hydrogen) atoms. The zero-order chi connectivity index (χ0) is 28.6. The van der Waals surface area contributed by atoms with Crippen LogP contribution in [-0.2, 0) is 16.1 Å². The summed E-state index contributed by atoms with van der Waals surface area (Å²) in [5.74, 6) is 0.204. The highest BCUT2D eigenvalue weighted by atomic mass is 16.5. The third kappa shape index (κ3) is 7.29. The van der Waals surface area contributed by atoms with Crippen molar-refractivity contribution in [1.82, 2.24) is 25.4 Å². The third-order valence-corrected chi connectivity index (χ3v) is 8.80. The van der Waals surface area contributed by atoms with Crippen LogP contribution in [0.5, 0.6) is 5.75 Å². The molecule has 3 aromatic rings. The molecule has 8 nitrogen and oxygen atoms in total. The van der Waals surface area contributed by atoms with Crippen molar-refractivity contribution >= 4 is 22.7 Å². The summed E-state index contributed by atoms with van der Waals surface area (Å²) >= 11 is 0. The number of fused-ring (bicyclic) bond motifs is 1. The number of piperazine rings is 1. The Labute approximate surface area is 243 Å². The van der Waals surface area contributed by atoms with Crippen molar-refractivity contribution in [2.24, 2.45) is 0 Å². The minimum Gasteiger partial charge on any atom is -0.494 e. The Morgan fingerprint density at radius 2 is 1.73 bits per heavy atom. The topological polar surface area (TPSA) is 89.7 Å². The second-order valence-electron chi connectivity index (χ2n) is 11.5. The molecule has 1 aliphatic heterocycles. The number of nitrogens with one attached hydrogen (secondary N) is 3. The van der Waals surface area contributed by atoms with Crippen molar-refractivity contribution < 1.29 is 14.3 Å². The summed E-state index contributed by atoms with van der Waals surface area (Å²) < 4.78 is 5.75. The Hall–Kier alpha value is -3.36. The van der Waals surface area contributed by atoms with Gasteiger partial charge in [0.2, 0.25) is 11.8 Å². The Bertz CT molecular complexity index is 1290. The molecule has 2 aromatic carbocycles. The van der Waals surface area contributed by atoms with E-state index in [0.717, 1.165) is 54.0 Å². The Morgan fingerprint density at radius 1 is 1.00 bits per heavy atom. The molecule has 1 aliphatic carbocycles. The highest BCUT2D eigenvalue weighted by molar-refractivity contribution is 5.91. The summed E-state index contributed by atoms with van der Waals surface area (Å²) in [5, 5.41) is 7.25. The molecule has 3 N–H and O–H groups in total. The van der Waals surface area contributed by atoms with E-state index in [1.807, 2.05) is 62.5 Å². The molecule has 5 rings (SSSR count). The van der Waals surface area contributed by atoms with Crippen LogP contribution >= 0.6 is 0 Å². The van der Waals surface area contributed by atoms with Gasteiger partial charge < -0.3 is 20.4 Å². The number of ether oxygens (including phenoxy) is 1. The van der Waals surface area contributed by atoms with E-state index < -0.39 is 6.04 Å². The molecule has 1 saturated heterocycles. The summed E-state index contributed by atoms with van der Waals surface area (Å²) in [6, 6.07) is 15.8. The van der Waals surface area contributed by atoms with Gasteiger partial charge in [0.1, 0.15) is 11.8 Å². The Balaban J connectivity index is 1.25. The third-order valence-electron chi connectivity index (χ3n) is 8.80. The van der Waals surface area contributed by atoms with Crippen molar-refractivity contribution in [3.8, 4) is 5.75 Å². The number of hydrogen-bond donors (Lipinski definition) is 3. The Kier molecular flexibility index (Phi) is 9.96. The summed E-state index contributed by atoms with van der Waals surface area (Å²) in [6.45, 7) is 8.91. The number of aromatic nitrogens is 1. The SMILES string of the molecule is CCOc1ccccc1CNC(=O)C(NC(=O)CN1CCN(C2CCCCC2)CC1)C(C)c1c[nH]c2ccccc12. The van der Waals surface area contributed by atoms with Crippen LogP contribution in [0.1, 0.15) is 63.0 Å². The fourth-order valence-corrected chi connectivity index (χ4v) is 6.46. The molecular formula is C33H45N5O3. The number of carbonyl (C=O) groups excluding carboxylic acids is 2. The highest BCUT2D eigenvalue weighted by Crippen LogP contribution is 2.28. The van der Waals surface area contributed by atoms with Crippen molar-refractivity contribution in [3.63, 3.8) is 0 Å². The summed E-state index contributed by atoms with van der Waals surface area (Å²) in [4.78, 5) is 35.2. The molecule has 2 unspecified atom stereocenters. The van der Waals surface area contributed by atoms with Gasteiger partial charge in [-0.05, 0) is 37.5 Å². The lowest BCUT2D eigenvalue weighted by atomic mass is 9.92. The van der Waals surface area contributed by atoms with Gasteiger partial charge in [0, 0.05) is 67.3 Å². The predicted molar refractivity (Wildman–Crippen MR) is 163 cm³/mol. The van der Waals surface area contributed by atoms with Crippen molar-refractivity contribution in [2.45, 2.75) is 70.5 Å². The molecule has 2 fully saturated rings. The maximum atomic E-state index is 13.7. The van der Waals surface area contributed by atoms with Crippen molar-refractivity contribution in [1.29, 1.82) is 0 Å². The maximum Gasteiger partial charge on any atom is 0.243 e. The fourth-order valence-electron chi connectivity index (χ4n) is 6.46. The lowest BCUT2D eigenvalue weighted by Crippen LogP contribution is -2.55. The van der Waals surface area contributed by atoms with Crippen LogP contribution in [0, 0.1) is 0 Å². The van der Waals surface area contributed by atoms with Crippen LogP contribution in [-0.4, -0.2) is 78.0 Å².